The summed E-state index contributed by atoms with van der Waals surface area (Å²) in [4.78, 5) is 4.14. The lowest BCUT2D eigenvalue weighted by Crippen LogP contribution is -2.14. The largest absolute Gasteiger partial charge is 0.384 e. The van der Waals surface area contributed by atoms with Gasteiger partial charge in [0.2, 0.25) is 0 Å². The Labute approximate surface area is 88.5 Å². The molecule has 0 unspecified atom stereocenters. The van der Waals surface area contributed by atoms with Gasteiger partial charge in [-0.05, 0) is 12.1 Å². The first-order valence-electron chi connectivity index (χ1n) is 4.29. The second kappa shape index (κ2) is 5.62. The third-order valence-electron chi connectivity index (χ3n) is 1.70. The summed E-state index contributed by atoms with van der Waals surface area (Å²) < 4.78 is 4.86. The van der Waals surface area contributed by atoms with E-state index in [-0.39, 0.29) is 0 Å². The minimum atomic E-state index is 0.490. The van der Waals surface area contributed by atoms with Gasteiger partial charge in [0.1, 0.15) is 5.84 Å². The van der Waals surface area contributed by atoms with Gasteiger partial charge in [-0.2, -0.15) is 0 Å². The number of ether oxygens (including phenoxy) is 1. The van der Waals surface area contributed by atoms with Crippen LogP contribution in [0.15, 0.2) is 29.3 Å². The number of methoxy groups -OCH3 is 1. The predicted molar refractivity (Wildman–Crippen MR) is 58.9 cm³/mol. The van der Waals surface area contributed by atoms with Crippen LogP contribution in [0.5, 0.6) is 0 Å². The fourth-order valence-electron chi connectivity index (χ4n) is 0.996. The molecule has 3 nitrogen and oxygen atoms in total. The monoisotopic (exact) mass is 212 g/mol. The highest BCUT2D eigenvalue weighted by Gasteiger charge is 1.97. The summed E-state index contributed by atoms with van der Waals surface area (Å²) in [6.45, 7) is 1.14. The Balaban J connectivity index is 2.68. The fourth-order valence-corrected chi connectivity index (χ4v) is 1.19. The van der Waals surface area contributed by atoms with Gasteiger partial charge < -0.3 is 10.5 Å². The number of nitrogens with zero attached hydrogens (tertiary/aromatic N) is 1. The predicted octanol–water partition coefficient (Wildman–Crippen LogP) is 1.69. The van der Waals surface area contributed by atoms with Gasteiger partial charge in [-0.3, -0.25) is 4.99 Å². The van der Waals surface area contributed by atoms with Crippen molar-refractivity contribution in [3.05, 3.63) is 34.9 Å². The van der Waals surface area contributed by atoms with Crippen molar-refractivity contribution >= 4 is 17.4 Å². The molecular weight excluding hydrogens is 200 g/mol. The van der Waals surface area contributed by atoms with Crippen molar-refractivity contribution in [3.8, 4) is 0 Å². The number of amidine groups is 1. The molecule has 0 amide bonds. The Morgan fingerprint density at radius 2 is 2.36 bits per heavy atom. The SMILES string of the molecule is COCCN=C(N)c1cccc(Cl)c1. The molecular formula is C10H13ClN2O. The van der Waals surface area contributed by atoms with E-state index in [1.165, 1.54) is 0 Å². The topological polar surface area (TPSA) is 47.6 Å². The van der Waals surface area contributed by atoms with Gasteiger partial charge >= 0.3 is 0 Å². The van der Waals surface area contributed by atoms with Crippen LogP contribution in [0.4, 0.5) is 0 Å². The van der Waals surface area contributed by atoms with Crippen LogP contribution >= 0.6 is 11.6 Å². The summed E-state index contributed by atoms with van der Waals surface area (Å²) in [5, 5.41) is 0.660. The molecule has 0 aliphatic heterocycles. The lowest BCUT2D eigenvalue weighted by molar-refractivity contribution is 0.208. The molecule has 4 heteroatoms. The molecule has 1 aromatic rings. The van der Waals surface area contributed by atoms with Gasteiger partial charge in [-0.1, -0.05) is 23.7 Å². The Hall–Kier alpha value is -1.06. The molecule has 0 spiro atoms. The zero-order chi connectivity index (χ0) is 10.4. The second-order valence-electron chi connectivity index (χ2n) is 2.77. The first kappa shape index (κ1) is 11.0. The lowest BCUT2D eigenvalue weighted by atomic mass is 10.2. The maximum atomic E-state index is 5.81. The van der Waals surface area contributed by atoms with Crippen molar-refractivity contribution in [2.24, 2.45) is 10.7 Å². The van der Waals surface area contributed by atoms with Crippen LogP contribution in [0.25, 0.3) is 0 Å². The lowest BCUT2D eigenvalue weighted by Gasteiger charge is -2.01. The molecule has 0 radical (unpaired) electrons. The number of aliphatic imine (C=N–C) groups is 1. The molecule has 0 aliphatic carbocycles. The van der Waals surface area contributed by atoms with Crippen molar-refractivity contribution in [3.63, 3.8) is 0 Å². The molecule has 1 aromatic carbocycles. The smallest absolute Gasteiger partial charge is 0.125 e. The summed E-state index contributed by atoms with van der Waals surface area (Å²) >= 11 is 5.81. The van der Waals surface area contributed by atoms with Crippen LogP contribution < -0.4 is 5.73 Å². The van der Waals surface area contributed by atoms with Crippen LogP contribution in [-0.2, 0) is 4.74 Å². The Morgan fingerprint density at radius 1 is 1.57 bits per heavy atom. The van der Waals surface area contributed by atoms with E-state index in [1.54, 1.807) is 19.2 Å². The van der Waals surface area contributed by atoms with Gasteiger partial charge in [0.15, 0.2) is 0 Å². The Morgan fingerprint density at radius 3 is 3.00 bits per heavy atom. The second-order valence-corrected chi connectivity index (χ2v) is 3.21. The van der Waals surface area contributed by atoms with E-state index in [9.17, 15) is 0 Å². The number of rotatable bonds is 4. The molecule has 0 aliphatic rings. The first-order chi connectivity index (χ1) is 6.74. The minimum absolute atomic E-state index is 0.490. The maximum Gasteiger partial charge on any atom is 0.125 e. The van der Waals surface area contributed by atoms with E-state index in [0.29, 0.717) is 24.0 Å². The average molecular weight is 213 g/mol. The molecule has 14 heavy (non-hydrogen) atoms. The number of hydrogen-bond donors (Lipinski definition) is 1. The van der Waals surface area contributed by atoms with E-state index in [1.807, 2.05) is 12.1 Å². The molecule has 0 atom stereocenters. The summed E-state index contributed by atoms with van der Waals surface area (Å²) in [5.41, 5.74) is 6.58. The number of nitrogens with two attached hydrogens (primary N) is 1. The first-order valence-corrected chi connectivity index (χ1v) is 4.66. The van der Waals surface area contributed by atoms with Crippen molar-refractivity contribution < 1.29 is 4.74 Å². The Kier molecular flexibility index (Phi) is 4.43. The molecule has 0 aromatic heterocycles. The molecule has 76 valence electrons. The highest BCUT2D eigenvalue weighted by atomic mass is 35.5. The summed E-state index contributed by atoms with van der Waals surface area (Å²) in [7, 11) is 1.63. The third kappa shape index (κ3) is 3.36. The van der Waals surface area contributed by atoms with Crippen molar-refractivity contribution in [1.82, 2.24) is 0 Å². The quantitative estimate of drug-likeness (QED) is 0.469. The molecule has 0 saturated heterocycles. The molecule has 0 heterocycles. The molecule has 0 bridgehead atoms. The van der Waals surface area contributed by atoms with Gasteiger partial charge in [0.05, 0.1) is 13.2 Å². The molecule has 0 fully saturated rings. The summed E-state index contributed by atoms with van der Waals surface area (Å²) in [6, 6.07) is 7.30. The van der Waals surface area contributed by atoms with Gasteiger partial charge in [-0.25, -0.2) is 0 Å². The van der Waals surface area contributed by atoms with Gasteiger partial charge in [-0.15, -0.1) is 0 Å². The van der Waals surface area contributed by atoms with E-state index >= 15 is 0 Å². The van der Waals surface area contributed by atoms with Gasteiger partial charge in [0.25, 0.3) is 0 Å². The average Bonchev–Trinajstić information content (AvgIpc) is 2.18. The van der Waals surface area contributed by atoms with E-state index in [2.05, 4.69) is 4.99 Å². The van der Waals surface area contributed by atoms with E-state index in [4.69, 9.17) is 22.1 Å². The van der Waals surface area contributed by atoms with Gasteiger partial charge in [0, 0.05) is 17.7 Å². The van der Waals surface area contributed by atoms with E-state index in [0.717, 1.165) is 5.56 Å². The number of hydrogen-bond acceptors (Lipinski definition) is 2. The normalized spacial score (nSPS) is 11.7. The third-order valence-corrected chi connectivity index (χ3v) is 1.93. The summed E-state index contributed by atoms with van der Waals surface area (Å²) in [5.74, 6) is 0.490. The fraction of sp³-hybridized carbons (Fsp3) is 0.300. The Bertz CT molecular complexity index is 326. The number of halogens is 1. The highest BCUT2D eigenvalue weighted by Crippen LogP contribution is 2.10. The maximum absolute atomic E-state index is 5.81. The summed E-state index contributed by atoms with van der Waals surface area (Å²) in [6.07, 6.45) is 0. The van der Waals surface area contributed by atoms with Crippen LogP contribution in [0.2, 0.25) is 5.02 Å². The van der Waals surface area contributed by atoms with Crippen LogP contribution in [0.3, 0.4) is 0 Å². The zero-order valence-corrected chi connectivity index (χ0v) is 8.79. The van der Waals surface area contributed by atoms with Crippen molar-refractivity contribution in [2.75, 3.05) is 20.3 Å². The molecule has 2 N–H and O–H groups in total. The van der Waals surface area contributed by atoms with Crippen molar-refractivity contribution in [2.45, 2.75) is 0 Å². The zero-order valence-electron chi connectivity index (χ0n) is 8.03. The standard InChI is InChI=1S/C10H13ClN2O/c1-14-6-5-13-10(12)8-3-2-4-9(11)7-8/h2-4,7H,5-6H2,1H3,(H2,12,13). The van der Waals surface area contributed by atoms with Crippen LogP contribution in [0, 0.1) is 0 Å². The highest BCUT2D eigenvalue weighted by molar-refractivity contribution is 6.31. The number of benzene rings is 1. The van der Waals surface area contributed by atoms with Crippen LogP contribution in [-0.4, -0.2) is 26.1 Å². The minimum Gasteiger partial charge on any atom is -0.384 e. The van der Waals surface area contributed by atoms with E-state index < -0.39 is 0 Å². The molecule has 1 rings (SSSR count). The van der Waals surface area contributed by atoms with Crippen LogP contribution in [0.1, 0.15) is 5.56 Å². The molecule has 0 saturated carbocycles. The van der Waals surface area contributed by atoms with Crippen molar-refractivity contribution in [1.29, 1.82) is 0 Å².